The number of carbonyl (C=O) groups is 1. The van der Waals surface area contributed by atoms with Crippen molar-refractivity contribution in [2.45, 2.75) is 37.0 Å². The molecule has 0 heterocycles. The molecule has 3 nitrogen and oxygen atoms in total. The van der Waals surface area contributed by atoms with Crippen LogP contribution in [-0.4, -0.2) is 23.5 Å². The first-order chi connectivity index (χ1) is 9.11. The first kappa shape index (κ1) is 14.7. The van der Waals surface area contributed by atoms with E-state index in [4.69, 9.17) is 5.73 Å². The van der Waals surface area contributed by atoms with Gasteiger partial charge in [-0.05, 0) is 53.2 Å². The summed E-state index contributed by atoms with van der Waals surface area (Å²) in [4.78, 5) is 12.3. The second kappa shape index (κ2) is 6.66. The van der Waals surface area contributed by atoms with Crippen LogP contribution < -0.4 is 11.1 Å². The molecule has 0 spiro atoms. The van der Waals surface area contributed by atoms with Crippen molar-refractivity contribution in [2.75, 3.05) is 12.0 Å². The van der Waals surface area contributed by atoms with Crippen LogP contribution in [0.15, 0.2) is 22.7 Å². The van der Waals surface area contributed by atoms with E-state index in [9.17, 15) is 4.79 Å². The third-order valence-electron chi connectivity index (χ3n) is 3.58. The molecule has 1 saturated carbocycles. The molecular formula is C14H19BrN2OS. The molecule has 0 saturated heterocycles. The molecular weight excluding hydrogens is 324 g/mol. The predicted octanol–water partition coefficient (Wildman–Crippen LogP) is 3.44. The molecule has 0 aromatic heterocycles. The van der Waals surface area contributed by atoms with E-state index in [1.165, 1.54) is 19.3 Å². The summed E-state index contributed by atoms with van der Waals surface area (Å²) in [7, 11) is 0. The number of rotatable bonds is 3. The van der Waals surface area contributed by atoms with Crippen molar-refractivity contribution in [3.8, 4) is 0 Å². The maximum absolute atomic E-state index is 12.3. The molecule has 2 rings (SSSR count). The predicted molar refractivity (Wildman–Crippen MR) is 85.6 cm³/mol. The van der Waals surface area contributed by atoms with Crippen LogP contribution in [0.2, 0.25) is 0 Å². The summed E-state index contributed by atoms with van der Waals surface area (Å²) >= 11 is 5.21. The van der Waals surface area contributed by atoms with Crippen LogP contribution in [0.3, 0.4) is 0 Å². The molecule has 1 aliphatic rings. The minimum Gasteiger partial charge on any atom is -0.398 e. The maximum Gasteiger partial charge on any atom is 0.251 e. The number of anilines is 1. The van der Waals surface area contributed by atoms with Gasteiger partial charge in [0, 0.05) is 27.0 Å². The number of nitrogens with two attached hydrogens (primary N) is 1. The maximum atomic E-state index is 12.3. The number of hydrogen-bond donors (Lipinski definition) is 2. The molecule has 1 aromatic rings. The number of benzene rings is 1. The molecule has 1 fully saturated rings. The highest BCUT2D eigenvalue weighted by Crippen LogP contribution is 2.27. The minimum absolute atomic E-state index is 0.00773. The summed E-state index contributed by atoms with van der Waals surface area (Å²) in [5.74, 6) is -0.00773. The van der Waals surface area contributed by atoms with Gasteiger partial charge in [0.15, 0.2) is 0 Å². The van der Waals surface area contributed by atoms with Gasteiger partial charge in [-0.15, -0.1) is 0 Å². The van der Waals surface area contributed by atoms with E-state index in [0.717, 1.165) is 10.9 Å². The summed E-state index contributed by atoms with van der Waals surface area (Å²) in [6, 6.07) is 5.59. The summed E-state index contributed by atoms with van der Waals surface area (Å²) in [6.07, 6.45) is 6.86. The quantitative estimate of drug-likeness (QED) is 0.827. The Morgan fingerprint density at radius 2 is 2.16 bits per heavy atom. The van der Waals surface area contributed by atoms with Crippen molar-refractivity contribution in [3.05, 3.63) is 28.2 Å². The lowest BCUT2D eigenvalue weighted by molar-refractivity contribution is 0.0929. The van der Waals surface area contributed by atoms with Gasteiger partial charge in [-0.25, -0.2) is 0 Å². The molecule has 0 bridgehead atoms. The molecule has 2 atom stereocenters. The van der Waals surface area contributed by atoms with Crippen LogP contribution >= 0.6 is 27.7 Å². The van der Waals surface area contributed by atoms with Crippen molar-refractivity contribution in [1.82, 2.24) is 5.32 Å². The monoisotopic (exact) mass is 342 g/mol. The number of nitrogen functional groups attached to an aromatic ring is 1. The highest BCUT2D eigenvalue weighted by molar-refractivity contribution is 9.10. The Hall–Kier alpha value is -0.680. The lowest BCUT2D eigenvalue weighted by Crippen LogP contribution is -2.43. The Labute approximate surface area is 126 Å². The van der Waals surface area contributed by atoms with Crippen LogP contribution in [0.1, 0.15) is 36.0 Å². The molecule has 0 aliphatic heterocycles. The summed E-state index contributed by atoms with van der Waals surface area (Å²) < 4.78 is 0.769. The van der Waals surface area contributed by atoms with Crippen LogP contribution in [0.25, 0.3) is 0 Å². The van der Waals surface area contributed by atoms with E-state index in [2.05, 4.69) is 27.5 Å². The largest absolute Gasteiger partial charge is 0.398 e. The zero-order valence-electron chi connectivity index (χ0n) is 11.0. The van der Waals surface area contributed by atoms with Gasteiger partial charge >= 0.3 is 0 Å². The number of thioether (sulfide) groups is 1. The van der Waals surface area contributed by atoms with Gasteiger partial charge in [0.05, 0.1) is 0 Å². The second-order valence-electron chi connectivity index (χ2n) is 4.87. The topological polar surface area (TPSA) is 55.1 Å². The third kappa shape index (κ3) is 3.66. The van der Waals surface area contributed by atoms with Crippen molar-refractivity contribution in [2.24, 2.45) is 0 Å². The van der Waals surface area contributed by atoms with Crippen molar-refractivity contribution in [1.29, 1.82) is 0 Å². The number of hydrogen-bond acceptors (Lipinski definition) is 3. The smallest absolute Gasteiger partial charge is 0.251 e. The van der Waals surface area contributed by atoms with Crippen LogP contribution in [-0.2, 0) is 0 Å². The Morgan fingerprint density at radius 1 is 1.42 bits per heavy atom. The first-order valence-corrected chi connectivity index (χ1v) is 8.58. The normalized spacial score (nSPS) is 23.1. The second-order valence-corrected chi connectivity index (χ2v) is 6.81. The molecule has 19 heavy (non-hydrogen) atoms. The van der Waals surface area contributed by atoms with E-state index >= 15 is 0 Å². The fraction of sp³-hybridized carbons (Fsp3) is 0.500. The highest BCUT2D eigenvalue weighted by Gasteiger charge is 2.26. The lowest BCUT2D eigenvalue weighted by atomic mass is 9.94. The first-order valence-electron chi connectivity index (χ1n) is 6.50. The van der Waals surface area contributed by atoms with E-state index in [-0.39, 0.29) is 11.9 Å². The van der Waals surface area contributed by atoms with Gasteiger partial charge in [-0.2, -0.15) is 11.8 Å². The Balaban J connectivity index is 2.05. The van der Waals surface area contributed by atoms with E-state index in [1.54, 1.807) is 18.2 Å². The van der Waals surface area contributed by atoms with Gasteiger partial charge < -0.3 is 11.1 Å². The van der Waals surface area contributed by atoms with Gasteiger partial charge in [0.25, 0.3) is 5.91 Å². The van der Waals surface area contributed by atoms with Crippen molar-refractivity contribution >= 4 is 39.3 Å². The van der Waals surface area contributed by atoms with Gasteiger partial charge in [-0.3, -0.25) is 4.79 Å². The molecule has 1 aromatic carbocycles. The molecule has 1 aliphatic carbocycles. The van der Waals surface area contributed by atoms with Gasteiger partial charge in [0.2, 0.25) is 0 Å². The number of nitrogens with one attached hydrogen (secondary N) is 1. The fourth-order valence-electron chi connectivity index (χ4n) is 2.46. The number of carbonyl (C=O) groups excluding carboxylic acids is 1. The average molecular weight is 343 g/mol. The summed E-state index contributed by atoms with van der Waals surface area (Å²) in [6.45, 7) is 0. The third-order valence-corrected chi connectivity index (χ3v) is 5.44. The number of halogens is 1. The van der Waals surface area contributed by atoms with Crippen LogP contribution in [0.5, 0.6) is 0 Å². The lowest BCUT2D eigenvalue weighted by Gasteiger charge is -2.31. The zero-order chi connectivity index (χ0) is 13.8. The van der Waals surface area contributed by atoms with E-state index in [1.807, 2.05) is 11.8 Å². The average Bonchev–Trinajstić information content (AvgIpc) is 2.42. The Bertz CT molecular complexity index is 467. The molecule has 104 valence electrons. The molecule has 5 heteroatoms. The van der Waals surface area contributed by atoms with Crippen LogP contribution in [0, 0.1) is 0 Å². The molecule has 3 N–H and O–H groups in total. The van der Waals surface area contributed by atoms with Gasteiger partial charge in [-0.1, -0.05) is 12.8 Å². The van der Waals surface area contributed by atoms with Gasteiger partial charge in [0.1, 0.15) is 0 Å². The van der Waals surface area contributed by atoms with E-state index in [0.29, 0.717) is 16.5 Å². The fourth-order valence-corrected chi connectivity index (χ4v) is 3.78. The zero-order valence-corrected chi connectivity index (χ0v) is 13.4. The standard InChI is InChI=1S/C14H19BrN2OS/c1-19-13-5-3-2-4-12(13)17-14(18)9-6-7-11(16)10(15)8-9/h6-8,12-13H,2-5,16H2,1H3,(H,17,18). The Kier molecular flexibility index (Phi) is 5.16. The molecule has 2 unspecified atom stereocenters. The number of amides is 1. The van der Waals surface area contributed by atoms with Crippen molar-refractivity contribution < 1.29 is 4.79 Å². The molecule has 0 radical (unpaired) electrons. The van der Waals surface area contributed by atoms with E-state index < -0.39 is 0 Å². The molecule has 1 amide bonds. The SMILES string of the molecule is CSC1CCCCC1NC(=O)c1ccc(N)c(Br)c1. The summed E-state index contributed by atoms with van der Waals surface area (Å²) in [5, 5.41) is 3.70. The Morgan fingerprint density at radius 3 is 2.84 bits per heavy atom. The van der Waals surface area contributed by atoms with Crippen molar-refractivity contribution in [3.63, 3.8) is 0 Å². The minimum atomic E-state index is -0.00773. The van der Waals surface area contributed by atoms with Crippen LogP contribution in [0.4, 0.5) is 5.69 Å². The summed E-state index contributed by atoms with van der Waals surface area (Å²) in [5.41, 5.74) is 7.04. The highest BCUT2D eigenvalue weighted by atomic mass is 79.9.